The third kappa shape index (κ3) is 3.61. The first kappa shape index (κ1) is 13.2. The molecule has 0 aliphatic carbocycles. The second-order valence-corrected chi connectivity index (χ2v) is 4.38. The fourth-order valence-corrected chi connectivity index (χ4v) is 2.11. The number of halogens is 1. The van der Waals surface area contributed by atoms with Gasteiger partial charge in [-0.15, -0.1) is 0 Å². The smallest absolute Gasteiger partial charge is 0.303 e. The Hall–Kier alpha value is -2.23. The molecule has 19 heavy (non-hydrogen) atoms. The highest BCUT2D eigenvalue weighted by molar-refractivity contribution is 5.68. The van der Waals surface area contributed by atoms with Gasteiger partial charge in [0.1, 0.15) is 5.82 Å². The highest BCUT2D eigenvalue weighted by Gasteiger charge is 2.19. The summed E-state index contributed by atoms with van der Waals surface area (Å²) in [6.07, 6.45) is 3.68. The molecule has 0 saturated carbocycles. The average molecular weight is 259 g/mol. The van der Waals surface area contributed by atoms with Crippen molar-refractivity contribution in [3.8, 4) is 0 Å². The van der Waals surface area contributed by atoms with E-state index in [0.29, 0.717) is 12.0 Å². The van der Waals surface area contributed by atoms with Gasteiger partial charge >= 0.3 is 5.97 Å². The number of hydrogen-bond donors (Lipinski definition) is 1. The number of pyridine rings is 1. The standard InChI is InChI=1S/C15H14FNO2/c16-14-4-2-1-3-13(14)12(10-15(18)19)9-11-5-7-17-8-6-11/h1-8,12H,9-10H2,(H,18,19). The van der Waals surface area contributed by atoms with Crippen molar-refractivity contribution in [2.75, 3.05) is 0 Å². The van der Waals surface area contributed by atoms with Crippen LogP contribution in [0, 0.1) is 5.82 Å². The van der Waals surface area contributed by atoms with E-state index in [2.05, 4.69) is 4.98 Å². The Bertz CT molecular complexity index is 557. The van der Waals surface area contributed by atoms with Gasteiger partial charge in [0, 0.05) is 18.3 Å². The maximum atomic E-state index is 13.8. The van der Waals surface area contributed by atoms with Gasteiger partial charge in [-0.05, 0) is 35.7 Å². The summed E-state index contributed by atoms with van der Waals surface area (Å²) >= 11 is 0. The van der Waals surface area contributed by atoms with E-state index < -0.39 is 5.97 Å². The van der Waals surface area contributed by atoms with E-state index in [1.54, 1.807) is 30.6 Å². The SMILES string of the molecule is O=C(O)CC(Cc1ccncc1)c1ccccc1F. The van der Waals surface area contributed by atoms with Crippen molar-refractivity contribution >= 4 is 5.97 Å². The molecular weight excluding hydrogens is 245 g/mol. The lowest BCUT2D eigenvalue weighted by atomic mass is 9.89. The minimum atomic E-state index is -0.928. The molecule has 4 heteroatoms. The molecule has 1 aromatic heterocycles. The second-order valence-electron chi connectivity index (χ2n) is 4.38. The molecule has 1 aromatic carbocycles. The van der Waals surface area contributed by atoms with Gasteiger partial charge in [-0.25, -0.2) is 4.39 Å². The quantitative estimate of drug-likeness (QED) is 0.897. The molecular formula is C15H14FNO2. The zero-order valence-corrected chi connectivity index (χ0v) is 10.3. The van der Waals surface area contributed by atoms with Gasteiger partial charge in [0.05, 0.1) is 6.42 Å². The predicted octanol–water partition coefficient (Wildman–Crippen LogP) is 3.02. The van der Waals surface area contributed by atoms with Gasteiger partial charge in [0.25, 0.3) is 0 Å². The number of aliphatic carboxylic acids is 1. The number of carboxylic acid groups (broad SMARTS) is 1. The summed E-state index contributed by atoms with van der Waals surface area (Å²) in [5.41, 5.74) is 1.39. The summed E-state index contributed by atoms with van der Waals surface area (Å²) in [6.45, 7) is 0. The van der Waals surface area contributed by atoms with Crippen molar-refractivity contribution in [3.05, 3.63) is 65.7 Å². The third-order valence-corrected chi connectivity index (χ3v) is 3.00. The minimum absolute atomic E-state index is 0.0940. The molecule has 0 spiro atoms. The number of nitrogens with zero attached hydrogens (tertiary/aromatic N) is 1. The Labute approximate surface area is 110 Å². The third-order valence-electron chi connectivity index (χ3n) is 3.00. The lowest BCUT2D eigenvalue weighted by Crippen LogP contribution is -2.11. The van der Waals surface area contributed by atoms with Gasteiger partial charge in [0.15, 0.2) is 0 Å². The van der Waals surface area contributed by atoms with Crippen LogP contribution in [0.1, 0.15) is 23.5 Å². The minimum Gasteiger partial charge on any atom is -0.481 e. The zero-order chi connectivity index (χ0) is 13.7. The summed E-state index contributed by atoms with van der Waals surface area (Å²) in [5, 5.41) is 8.98. The maximum absolute atomic E-state index is 13.8. The van der Waals surface area contributed by atoms with Crippen molar-refractivity contribution in [1.29, 1.82) is 0 Å². The molecule has 0 saturated heterocycles. The molecule has 1 atom stereocenters. The van der Waals surface area contributed by atoms with E-state index in [0.717, 1.165) is 5.56 Å². The molecule has 1 heterocycles. The van der Waals surface area contributed by atoms with Crippen LogP contribution < -0.4 is 0 Å². The number of rotatable bonds is 5. The highest BCUT2D eigenvalue weighted by atomic mass is 19.1. The van der Waals surface area contributed by atoms with Crippen LogP contribution in [0.2, 0.25) is 0 Å². The molecule has 2 aromatic rings. The van der Waals surface area contributed by atoms with Crippen LogP contribution in [0.25, 0.3) is 0 Å². The summed E-state index contributed by atoms with van der Waals surface area (Å²) in [4.78, 5) is 14.9. The van der Waals surface area contributed by atoms with Crippen molar-refractivity contribution in [3.63, 3.8) is 0 Å². The molecule has 3 nitrogen and oxygen atoms in total. The van der Waals surface area contributed by atoms with Crippen LogP contribution in [0.5, 0.6) is 0 Å². The predicted molar refractivity (Wildman–Crippen MR) is 69.3 cm³/mol. The van der Waals surface area contributed by atoms with Crippen LogP contribution >= 0.6 is 0 Å². The molecule has 0 amide bonds. The van der Waals surface area contributed by atoms with E-state index in [-0.39, 0.29) is 18.2 Å². The first-order valence-corrected chi connectivity index (χ1v) is 6.02. The normalized spacial score (nSPS) is 12.1. The van der Waals surface area contributed by atoms with Crippen molar-refractivity contribution in [2.24, 2.45) is 0 Å². The lowest BCUT2D eigenvalue weighted by Gasteiger charge is -2.16. The molecule has 98 valence electrons. The Kier molecular flexibility index (Phi) is 4.23. The van der Waals surface area contributed by atoms with Gasteiger partial charge < -0.3 is 5.11 Å². The largest absolute Gasteiger partial charge is 0.481 e. The average Bonchev–Trinajstić information content (AvgIpc) is 2.39. The van der Waals surface area contributed by atoms with Crippen LogP contribution in [-0.2, 0) is 11.2 Å². The summed E-state index contributed by atoms with van der Waals surface area (Å²) in [6, 6.07) is 9.95. The molecule has 1 unspecified atom stereocenters. The maximum Gasteiger partial charge on any atom is 0.303 e. The van der Waals surface area contributed by atoms with E-state index in [9.17, 15) is 9.18 Å². The van der Waals surface area contributed by atoms with Crippen molar-refractivity contribution in [1.82, 2.24) is 4.98 Å². The molecule has 0 aliphatic heterocycles. The molecule has 0 fully saturated rings. The Morgan fingerprint density at radius 2 is 1.89 bits per heavy atom. The van der Waals surface area contributed by atoms with Crippen molar-refractivity contribution < 1.29 is 14.3 Å². The zero-order valence-electron chi connectivity index (χ0n) is 10.3. The summed E-state index contributed by atoms with van der Waals surface area (Å²) in [5.74, 6) is -1.66. The van der Waals surface area contributed by atoms with Gasteiger partial charge in [-0.2, -0.15) is 0 Å². The molecule has 2 rings (SSSR count). The first-order valence-electron chi connectivity index (χ1n) is 6.02. The van der Waals surface area contributed by atoms with Crippen LogP contribution in [0.15, 0.2) is 48.8 Å². The van der Waals surface area contributed by atoms with Crippen LogP contribution in [0.4, 0.5) is 4.39 Å². The van der Waals surface area contributed by atoms with Crippen molar-refractivity contribution in [2.45, 2.75) is 18.8 Å². The monoisotopic (exact) mass is 259 g/mol. The number of carbonyl (C=O) groups is 1. The molecule has 0 aliphatic rings. The highest BCUT2D eigenvalue weighted by Crippen LogP contribution is 2.26. The number of aromatic nitrogens is 1. The molecule has 0 radical (unpaired) electrons. The Morgan fingerprint density at radius 1 is 1.21 bits per heavy atom. The van der Waals surface area contributed by atoms with Gasteiger partial charge in [0.2, 0.25) is 0 Å². The topological polar surface area (TPSA) is 50.2 Å². The number of hydrogen-bond acceptors (Lipinski definition) is 2. The van der Waals surface area contributed by atoms with E-state index in [4.69, 9.17) is 5.11 Å². The Balaban J connectivity index is 2.26. The van der Waals surface area contributed by atoms with E-state index >= 15 is 0 Å². The van der Waals surface area contributed by atoms with Gasteiger partial charge in [-0.1, -0.05) is 18.2 Å². The van der Waals surface area contributed by atoms with Gasteiger partial charge in [-0.3, -0.25) is 9.78 Å². The summed E-state index contributed by atoms with van der Waals surface area (Å²) < 4.78 is 13.8. The lowest BCUT2D eigenvalue weighted by molar-refractivity contribution is -0.137. The Morgan fingerprint density at radius 3 is 2.53 bits per heavy atom. The molecule has 0 bridgehead atoms. The van der Waals surface area contributed by atoms with Crippen LogP contribution in [-0.4, -0.2) is 16.1 Å². The first-order chi connectivity index (χ1) is 9.16. The number of carboxylic acids is 1. The van der Waals surface area contributed by atoms with Crippen LogP contribution in [0.3, 0.4) is 0 Å². The fraction of sp³-hybridized carbons (Fsp3) is 0.200. The van der Waals surface area contributed by atoms with E-state index in [1.165, 1.54) is 6.07 Å². The van der Waals surface area contributed by atoms with E-state index in [1.807, 2.05) is 12.1 Å². The fourth-order valence-electron chi connectivity index (χ4n) is 2.11. The molecule has 1 N–H and O–H groups in total. The number of benzene rings is 1. The second kappa shape index (κ2) is 6.09. The summed E-state index contributed by atoms with van der Waals surface area (Å²) in [7, 11) is 0.